The third-order valence-electron chi connectivity index (χ3n) is 5.97. The summed E-state index contributed by atoms with van der Waals surface area (Å²) in [5.74, 6) is -1.58. The lowest BCUT2D eigenvalue weighted by atomic mass is 10.0. The summed E-state index contributed by atoms with van der Waals surface area (Å²) in [6.07, 6.45) is -4.80. The number of carbonyl (C=O) groups excluding carboxylic acids is 1. The topological polar surface area (TPSA) is 44.8 Å². The minimum absolute atomic E-state index is 0.0143. The first-order valence-electron chi connectivity index (χ1n) is 10.7. The molecule has 4 nitrogen and oxygen atoms in total. The van der Waals surface area contributed by atoms with Crippen molar-refractivity contribution in [2.75, 3.05) is 0 Å². The minimum atomic E-state index is -4.80. The molecule has 4 rings (SSSR count). The highest BCUT2D eigenvalue weighted by Crippen LogP contribution is 2.65. The highest BCUT2D eigenvalue weighted by molar-refractivity contribution is 9.10. The number of ether oxygens (including phenoxy) is 3. The van der Waals surface area contributed by atoms with Gasteiger partial charge in [-0.1, -0.05) is 44.2 Å². The number of halogens is 5. The van der Waals surface area contributed by atoms with E-state index in [2.05, 4.69) is 20.7 Å². The van der Waals surface area contributed by atoms with Crippen LogP contribution in [-0.2, 0) is 16.1 Å². The molecule has 3 aromatic rings. The quantitative estimate of drug-likeness (QED) is 0.222. The standard InChI is InChI=1S/C26H21BrF4O4/c1-25(2)22(16-9-11-20(18(27)13-16)35-26(29,30)31)23(25)24(32)33-14-15-8-10-19(28)21(12-15)34-17-6-4-3-5-7-17/h3-13,22-23H,14H2,1-2H3. The number of alkyl halides is 3. The monoisotopic (exact) mass is 552 g/mol. The number of rotatable bonds is 7. The van der Waals surface area contributed by atoms with Crippen LogP contribution in [0.1, 0.15) is 30.9 Å². The van der Waals surface area contributed by atoms with Gasteiger partial charge in [-0.25, -0.2) is 4.39 Å². The largest absolute Gasteiger partial charge is 0.573 e. The second-order valence-electron chi connectivity index (χ2n) is 8.80. The van der Waals surface area contributed by atoms with E-state index >= 15 is 0 Å². The zero-order valence-corrected chi connectivity index (χ0v) is 20.3. The Kier molecular flexibility index (Phi) is 6.81. The van der Waals surface area contributed by atoms with E-state index in [0.29, 0.717) is 16.9 Å². The Labute approximate surface area is 207 Å². The molecule has 1 saturated carbocycles. The lowest BCUT2D eigenvalue weighted by Gasteiger charge is -2.12. The third kappa shape index (κ3) is 5.78. The van der Waals surface area contributed by atoms with Crippen LogP contribution >= 0.6 is 15.9 Å². The summed E-state index contributed by atoms with van der Waals surface area (Å²) < 4.78 is 67.0. The average Bonchev–Trinajstić information content (AvgIpc) is 3.37. The van der Waals surface area contributed by atoms with Crippen LogP contribution in [0.4, 0.5) is 17.6 Å². The fourth-order valence-electron chi connectivity index (χ4n) is 4.19. The summed E-state index contributed by atoms with van der Waals surface area (Å²) in [7, 11) is 0. The summed E-state index contributed by atoms with van der Waals surface area (Å²) >= 11 is 3.10. The van der Waals surface area contributed by atoms with Crippen molar-refractivity contribution < 1.29 is 36.6 Å². The molecule has 1 aliphatic rings. The van der Waals surface area contributed by atoms with Crippen molar-refractivity contribution in [1.82, 2.24) is 0 Å². The molecule has 0 heterocycles. The second kappa shape index (κ2) is 9.53. The molecule has 2 unspecified atom stereocenters. The lowest BCUT2D eigenvalue weighted by Crippen LogP contribution is -2.17. The Morgan fingerprint density at radius 1 is 1.00 bits per heavy atom. The first kappa shape index (κ1) is 25.0. The molecule has 2 atom stereocenters. The van der Waals surface area contributed by atoms with Gasteiger partial charge < -0.3 is 14.2 Å². The van der Waals surface area contributed by atoms with E-state index in [4.69, 9.17) is 9.47 Å². The van der Waals surface area contributed by atoms with Crippen LogP contribution in [0, 0.1) is 17.2 Å². The van der Waals surface area contributed by atoms with Crippen molar-refractivity contribution in [3.63, 3.8) is 0 Å². The van der Waals surface area contributed by atoms with E-state index in [0.717, 1.165) is 0 Å². The van der Waals surface area contributed by atoms with Crippen LogP contribution in [0.25, 0.3) is 0 Å². The van der Waals surface area contributed by atoms with Crippen molar-refractivity contribution in [3.8, 4) is 17.2 Å². The molecule has 0 N–H and O–H groups in total. The highest BCUT2D eigenvalue weighted by atomic mass is 79.9. The van der Waals surface area contributed by atoms with Crippen molar-refractivity contribution in [1.29, 1.82) is 0 Å². The first-order valence-corrected chi connectivity index (χ1v) is 11.5. The molecule has 35 heavy (non-hydrogen) atoms. The molecule has 9 heteroatoms. The van der Waals surface area contributed by atoms with Gasteiger partial charge in [-0.15, -0.1) is 13.2 Å². The molecule has 0 saturated heterocycles. The fraction of sp³-hybridized carbons (Fsp3) is 0.269. The molecule has 0 aromatic heterocycles. The van der Waals surface area contributed by atoms with Crippen molar-refractivity contribution in [3.05, 3.63) is 88.1 Å². The molecule has 0 amide bonds. The van der Waals surface area contributed by atoms with Crippen LogP contribution in [0.3, 0.4) is 0 Å². The van der Waals surface area contributed by atoms with Crippen molar-refractivity contribution in [2.24, 2.45) is 11.3 Å². The molecule has 0 aliphatic heterocycles. The van der Waals surface area contributed by atoms with E-state index in [-0.39, 0.29) is 28.5 Å². The molecule has 184 valence electrons. The van der Waals surface area contributed by atoms with Crippen LogP contribution in [0.5, 0.6) is 17.2 Å². The Morgan fingerprint density at radius 2 is 1.71 bits per heavy atom. The molecular formula is C26H21BrF4O4. The first-order chi connectivity index (χ1) is 16.5. The summed E-state index contributed by atoms with van der Waals surface area (Å²) in [6.45, 7) is 3.70. The number of para-hydroxylation sites is 1. The van der Waals surface area contributed by atoms with Gasteiger partial charge in [0.2, 0.25) is 0 Å². The maximum Gasteiger partial charge on any atom is 0.573 e. The molecule has 0 radical (unpaired) electrons. The molecule has 1 aliphatic carbocycles. The minimum Gasteiger partial charge on any atom is -0.461 e. The van der Waals surface area contributed by atoms with E-state index in [9.17, 15) is 22.4 Å². The highest BCUT2D eigenvalue weighted by Gasteiger charge is 2.63. The summed E-state index contributed by atoms with van der Waals surface area (Å²) in [5.41, 5.74) is 0.795. The maximum atomic E-state index is 14.2. The summed E-state index contributed by atoms with van der Waals surface area (Å²) in [5, 5.41) is 0. The number of esters is 1. The Balaban J connectivity index is 1.42. The van der Waals surface area contributed by atoms with Crippen LogP contribution < -0.4 is 9.47 Å². The van der Waals surface area contributed by atoms with E-state index in [1.165, 1.54) is 36.4 Å². The van der Waals surface area contributed by atoms with Crippen molar-refractivity contribution >= 4 is 21.9 Å². The zero-order valence-electron chi connectivity index (χ0n) is 18.7. The predicted octanol–water partition coefficient (Wildman–Crippen LogP) is 7.76. The van der Waals surface area contributed by atoms with Crippen LogP contribution in [0.15, 0.2) is 71.2 Å². The zero-order chi connectivity index (χ0) is 25.4. The van der Waals surface area contributed by atoms with Gasteiger partial charge >= 0.3 is 12.3 Å². The van der Waals surface area contributed by atoms with Gasteiger partial charge in [0.15, 0.2) is 11.6 Å². The Bertz CT molecular complexity index is 1230. The molecule has 3 aromatic carbocycles. The predicted molar refractivity (Wildman–Crippen MR) is 124 cm³/mol. The van der Waals surface area contributed by atoms with Gasteiger partial charge in [-0.3, -0.25) is 4.79 Å². The second-order valence-corrected chi connectivity index (χ2v) is 9.66. The van der Waals surface area contributed by atoms with Gasteiger partial charge in [0.25, 0.3) is 0 Å². The normalized spacial score (nSPS) is 18.6. The van der Waals surface area contributed by atoms with E-state index < -0.39 is 29.5 Å². The number of benzene rings is 3. The van der Waals surface area contributed by atoms with Gasteiger partial charge in [-0.2, -0.15) is 0 Å². The number of hydrogen-bond donors (Lipinski definition) is 0. The maximum absolute atomic E-state index is 14.2. The smallest absolute Gasteiger partial charge is 0.461 e. The van der Waals surface area contributed by atoms with E-state index in [1.807, 2.05) is 19.9 Å². The number of carbonyl (C=O) groups is 1. The molecule has 1 fully saturated rings. The SMILES string of the molecule is CC1(C)C(C(=O)OCc2ccc(F)c(Oc3ccccc3)c2)C1c1ccc(OC(F)(F)F)c(Br)c1. The lowest BCUT2D eigenvalue weighted by molar-refractivity contribution is -0.274. The third-order valence-corrected chi connectivity index (χ3v) is 6.59. The molecule has 0 bridgehead atoms. The Morgan fingerprint density at radius 3 is 2.37 bits per heavy atom. The molecule has 0 spiro atoms. The summed E-state index contributed by atoms with van der Waals surface area (Å²) in [6, 6.07) is 17.2. The molecular weight excluding hydrogens is 532 g/mol. The van der Waals surface area contributed by atoms with E-state index in [1.54, 1.807) is 24.3 Å². The van der Waals surface area contributed by atoms with Gasteiger partial charge in [0, 0.05) is 5.92 Å². The van der Waals surface area contributed by atoms with Gasteiger partial charge in [0.05, 0.1) is 10.4 Å². The van der Waals surface area contributed by atoms with Gasteiger partial charge in [0.1, 0.15) is 18.1 Å². The van der Waals surface area contributed by atoms with Gasteiger partial charge in [-0.05, 0) is 68.9 Å². The average molecular weight is 553 g/mol. The van der Waals surface area contributed by atoms with Crippen molar-refractivity contribution in [2.45, 2.75) is 32.7 Å². The summed E-state index contributed by atoms with van der Waals surface area (Å²) in [4.78, 5) is 12.8. The Hall–Kier alpha value is -3.07. The van der Waals surface area contributed by atoms with Crippen LogP contribution in [0.2, 0.25) is 0 Å². The number of hydrogen-bond acceptors (Lipinski definition) is 4. The fourth-order valence-corrected chi connectivity index (χ4v) is 4.67. The van der Waals surface area contributed by atoms with Crippen LogP contribution in [-0.4, -0.2) is 12.3 Å².